The predicted molar refractivity (Wildman–Crippen MR) is 157 cm³/mol. The number of halogens is 3. The highest BCUT2D eigenvalue weighted by molar-refractivity contribution is 14.1. The van der Waals surface area contributed by atoms with Crippen LogP contribution in [0.4, 0.5) is 14.5 Å². The van der Waals surface area contributed by atoms with Gasteiger partial charge in [-0.3, -0.25) is 9.80 Å². The first-order valence-electron chi connectivity index (χ1n) is 13.2. The first-order chi connectivity index (χ1) is 19.3. The standard InChI is InChI=1S/C29H32F2IN7O/c1-36(19-29(40,20-39-21-33-34-35-39)26-11-8-24(30)16-27(26)31)17-22-6-9-25(10-7-22)38-14-12-37(13-15-38)18-23-4-2-3-5-28(23)32/h2-11,16,21,40H,12-15,17-20H2,1H3. The number of piperazine rings is 1. The van der Waals surface area contributed by atoms with Gasteiger partial charge in [0.2, 0.25) is 0 Å². The number of aromatic nitrogens is 4. The van der Waals surface area contributed by atoms with E-state index in [2.05, 4.69) is 96.4 Å². The molecule has 40 heavy (non-hydrogen) atoms. The smallest absolute Gasteiger partial charge is 0.138 e. The second kappa shape index (κ2) is 12.7. The number of rotatable bonds is 10. The molecule has 0 saturated carbocycles. The third-order valence-corrected chi connectivity index (χ3v) is 8.31. The van der Waals surface area contributed by atoms with Gasteiger partial charge in [-0.1, -0.05) is 36.4 Å². The van der Waals surface area contributed by atoms with E-state index >= 15 is 0 Å². The van der Waals surface area contributed by atoms with Crippen molar-refractivity contribution in [2.75, 3.05) is 44.7 Å². The van der Waals surface area contributed by atoms with Crippen LogP contribution in [-0.4, -0.2) is 74.9 Å². The zero-order valence-corrected chi connectivity index (χ0v) is 24.5. The summed E-state index contributed by atoms with van der Waals surface area (Å²) in [6.45, 7) is 5.46. The topological polar surface area (TPSA) is 73.6 Å². The zero-order chi connectivity index (χ0) is 28.1. The van der Waals surface area contributed by atoms with Crippen molar-refractivity contribution in [3.05, 3.63) is 105 Å². The van der Waals surface area contributed by atoms with E-state index in [9.17, 15) is 13.9 Å². The van der Waals surface area contributed by atoms with Gasteiger partial charge in [-0.2, -0.15) is 0 Å². The van der Waals surface area contributed by atoms with Gasteiger partial charge in [0.15, 0.2) is 0 Å². The molecule has 1 atom stereocenters. The van der Waals surface area contributed by atoms with Crippen LogP contribution in [0.1, 0.15) is 16.7 Å². The third-order valence-electron chi connectivity index (χ3n) is 7.26. The molecule has 0 amide bonds. The lowest BCUT2D eigenvalue weighted by Crippen LogP contribution is -2.46. The SMILES string of the molecule is CN(Cc1ccc(N2CCN(Cc3ccccc3I)CC2)cc1)CC(O)(Cn1cnnn1)c1ccc(F)cc1F. The minimum Gasteiger partial charge on any atom is -0.382 e. The molecule has 4 aromatic rings. The molecule has 1 fully saturated rings. The molecule has 0 bridgehead atoms. The van der Waals surface area contributed by atoms with E-state index in [0.717, 1.165) is 50.4 Å². The van der Waals surface area contributed by atoms with Crippen LogP contribution in [0.15, 0.2) is 73.1 Å². The Hall–Kier alpha value is -3.00. The average molecular weight is 660 g/mol. The summed E-state index contributed by atoms with van der Waals surface area (Å²) in [7, 11) is 1.85. The number of aliphatic hydroxyl groups is 1. The van der Waals surface area contributed by atoms with Crippen LogP contribution in [-0.2, 0) is 25.2 Å². The molecule has 8 nitrogen and oxygen atoms in total. The summed E-state index contributed by atoms with van der Waals surface area (Å²) < 4.78 is 31.0. The molecule has 3 aromatic carbocycles. The minimum absolute atomic E-state index is 0.00674. The van der Waals surface area contributed by atoms with Gasteiger partial charge in [-0.15, -0.1) is 5.10 Å². The summed E-state index contributed by atoms with van der Waals surface area (Å²) in [6, 6.07) is 20.2. The minimum atomic E-state index is -1.68. The Bertz CT molecular complexity index is 1400. The summed E-state index contributed by atoms with van der Waals surface area (Å²) in [5.74, 6) is -1.52. The van der Waals surface area contributed by atoms with Crippen molar-refractivity contribution in [1.29, 1.82) is 0 Å². The molecule has 210 valence electrons. The van der Waals surface area contributed by atoms with Gasteiger partial charge < -0.3 is 10.0 Å². The van der Waals surface area contributed by atoms with Crippen molar-refractivity contribution in [1.82, 2.24) is 30.0 Å². The summed E-state index contributed by atoms with van der Waals surface area (Å²) in [5, 5.41) is 22.6. The lowest BCUT2D eigenvalue weighted by atomic mass is 9.92. The van der Waals surface area contributed by atoms with Crippen LogP contribution >= 0.6 is 22.6 Å². The summed E-state index contributed by atoms with van der Waals surface area (Å²) in [6.07, 6.45) is 1.35. The normalized spacial score (nSPS) is 15.9. The number of tetrazole rings is 1. The van der Waals surface area contributed by atoms with E-state index in [1.165, 1.54) is 31.9 Å². The number of nitrogens with zero attached hydrogens (tertiary/aromatic N) is 7. The lowest BCUT2D eigenvalue weighted by Gasteiger charge is -2.36. The van der Waals surface area contributed by atoms with Crippen molar-refractivity contribution in [3.8, 4) is 0 Å². The van der Waals surface area contributed by atoms with Crippen LogP contribution in [0.25, 0.3) is 0 Å². The van der Waals surface area contributed by atoms with Crippen molar-refractivity contribution in [2.24, 2.45) is 0 Å². The van der Waals surface area contributed by atoms with Crippen molar-refractivity contribution < 1.29 is 13.9 Å². The van der Waals surface area contributed by atoms with E-state index in [1.807, 2.05) is 11.9 Å². The predicted octanol–water partition coefficient (Wildman–Crippen LogP) is 3.90. The monoisotopic (exact) mass is 659 g/mol. The molecule has 5 rings (SSSR count). The maximum atomic E-state index is 14.7. The first-order valence-corrected chi connectivity index (χ1v) is 14.2. The molecule has 0 radical (unpaired) electrons. The fourth-order valence-electron chi connectivity index (χ4n) is 5.27. The van der Waals surface area contributed by atoms with Gasteiger partial charge in [0, 0.05) is 66.7 Å². The Morgan fingerprint density at radius 1 is 1.00 bits per heavy atom. The molecule has 1 N–H and O–H groups in total. The molecular formula is C29H32F2IN7O. The van der Waals surface area contributed by atoms with E-state index in [-0.39, 0.29) is 18.7 Å². The van der Waals surface area contributed by atoms with Gasteiger partial charge >= 0.3 is 0 Å². The highest BCUT2D eigenvalue weighted by Crippen LogP contribution is 2.28. The molecule has 1 unspecified atom stereocenters. The van der Waals surface area contributed by atoms with Crippen LogP contribution < -0.4 is 4.90 Å². The Morgan fingerprint density at radius 2 is 1.75 bits per heavy atom. The van der Waals surface area contributed by atoms with Crippen LogP contribution in [0.3, 0.4) is 0 Å². The fraction of sp³-hybridized carbons (Fsp3) is 0.345. The molecule has 11 heteroatoms. The van der Waals surface area contributed by atoms with Crippen molar-refractivity contribution in [2.45, 2.75) is 25.2 Å². The summed E-state index contributed by atoms with van der Waals surface area (Å²) in [5.41, 5.74) is 1.93. The Kier molecular flexibility index (Phi) is 9.03. The summed E-state index contributed by atoms with van der Waals surface area (Å²) in [4.78, 5) is 6.81. The van der Waals surface area contributed by atoms with Crippen molar-refractivity contribution >= 4 is 28.3 Å². The number of likely N-dealkylation sites (N-methyl/N-ethyl adjacent to an activating group) is 1. The van der Waals surface area contributed by atoms with Crippen molar-refractivity contribution in [3.63, 3.8) is 0 Å². The number of benzene rings is 3. The van der Waals surface area contributed by atoms with Gasteiger partial charge in [0.05, 0.1) is 6.54 Å². The Labute approximate surface area is 246 Å². The van der Waals surface area contributed by atoms with Crippen LogP contribution in [0.5, 0.6) is 0 Å². The van der Waals surface area contributed by atoms with Gasteiger partial charge in [-0.25, -0.2) is 13.5 Å². The van der Waals surface area contributed by atoms with Crippen LogP contribution in [0, 0.1) is 15.2 Å². The maximum absolute atomic E-state index is 14.7. The van der Waals surface area contributed by atoms with Gasteiger partial charge in [0.25, 0.3) is 0 Å². The molecule has 1 aromatic heterocycles. The number of hydrogen-bond acceptors (Lipinski definition) is 7. The maximum Gasteiger partial charge on any atom is 0.138 e. The Morgan fingerprint density at radius 3 is 2.42 bits per heavy atom. The number of anilines is 1. The molecule has 0 spiro atoms. The zero-order valence-electron chi connectivity index (χ0n) is 22.3. The van der Waals surface area contributed by atoms with E-state index < -0.39 is 17.2 Å². The van der Waals surface area contributed by atoms with Gasteiger partial charge in [-0.05, 0) is 75.5 Å². The second-order valence-electron chi connectivity index (χ2n) is 10.4. The molecule has 1 aliphatic heterocycles. The average Bonchev–Trinajstić information content (AvgIpc) is 3.43. The molecule has 0 aliphatic carbocycles. The fourth-order valence-corrected chi connectivity index (χ4v) is 5.82. The molecule has 2 heterocycles. The lowest BCUT2D eigenvalue weighted by molar-refractivity contribution is -0.0178. The largest absolute Gasteiger partial charge is 0.382 e. The second-order valence-corrected chi connectivity index (χ2v) is 11.5. The Balaban J connectivity index is 1.19. The highest BCUT2D eigenvalue weighted by atomic mass is 127. The van der Waals surface area contributed by atoms with Gasteiger partial charge in [0.1, 0.15) is 23.6 Å². The quantitative estimate of drug-likeness (QED) is 0.259. The van der Waals surface area contributed by atoms with E-state index in [0.29, 0.717) is 6.54 Å². The third kappa shape index (κ3) is 7.00. The molecule has 1 aliphatic rings. The van der Waals surface area contributed by atoms with E-state index in [4.69, 9.17) is 0 Å². The molecular weight excluding hydrogens is 627 g/mol. The first kappa shape index (κ1) is 28.5. The van der Waals surface area contributed by atoms with Crippen LogP contribution in [0.2, 0.25) is 0 Å². The highest BCUT2D eigenvalue weighted by Gasteiger charge is 2.35. The molecule has 1 saturated heterocycles. The number of hydrogen-bond donors (Lipinski definition) is 1. The van der Waals surface area contributed by atoms with E-state index in [1.54, 1.807) is 0 Å². The summed E-state index contributed by atoms with van der Waals surface area (Å²) >= 11 is 2.40.